The third-order valence-electron chi connectivity index (χ3n) is 4.25. The molecular weight excluding hydrogens is 250 g/mol. The molecule has 5 nitrogen and oxygen atoms in total. The molecule has 0 amide bonds. The van der Waals surface area contributed by atoms with Gasteiger partial charge in [-0.1, -0.05) is 13.8 Å². The Kier molecular flexibility index (Phi) is 10.2. The maximum Gasteiger partial charge on any atom is 0.0110 e. The number of nitrogens with zero attached hydrogens (tertiary/aromatic N) is 3. The number of rotatable bonds is 11. The molecule has 0 saturated carbocycles. The minimum absolute atomic E-state index is 1.10. The summed E-state index contributed by atoms with van der Waals surface area (Å²) in [6.07, 6.45) is 0. The van der Waals surface area contributed by atoms with Crippen LogP contribution in [0.5, 0.6) is 0 Å². The average Bonchev–Trinajstić information content (AvgIpc) is 2.50. The van der Waals surface area contributed by atoms with Gasteiger partial charge in [-0.3, -0.25) is 9.80 Å². The van der Waals surface area contributed by atoms with Crippen LogP contribution in [0.2, 0.25) is 0 Å². The summed E-state index contributed by atoms with van der Waals surface area (Å²) in [6, 6.07) is 0. The predicted octanol–water partition coefficient (Wildman–Crippen LogP) is -0.245. The van der Waals surface area contributed by atoms with Crippen LogP contribution in [0.4, 0.5) is 0 Å². The molecule has 0 atom stereocenters. The van der Waals surface area contributed by atoms with E-state index < -0.39 is 0 Å². The average molecular weight is 285 g/mol. The van der Waals surface area contributed by atoms with E-state index in [4.69, 9.17) is 0 Å². The highest BCUT2D eigenvalue weighted by atomic mass is 15.3. The Morgan fingerprint density at radius 1 is 0.850 bits per heavy atom. The molecule has 0 aromatic carbocycles. The van der Waals surface area contributed by atoms with Crippen molar-refractivity contribution in [3.63, 3.8) is 0 Å². The molecule has 0 aromatic heterocycles. The quantitative estimate of drug-likeness (QED) is 0.512. The molecule has 0 bridgehead atoms. The molecule has 0 unspecified atom stereocenters. The lowest BCUT2D eigenvalue weighted by Gasteiger charge is -2.34. The molecule has 0 aliphatic carbocycles. The second kappa shape index (κ2) is 11.5. The maximum absolute atomic E-state index is 3.57. The molecule has 120 valence electrons. The summed E-state index contributed by atoms with van der Waals surface area (Å²) in [5.74, 6) is 0. The van der Waals surface area contributed by atoms with Crippen LogP contribution in [-0.2, 0) is 0 Å². The summed E-state index contributed by atoms with van der Waals surface area (Å²) in [4.78, 5) is 7.61. The minimum Gasteiger partial charge on any atom is -0.318 e. The van der Waals surface area contributed by atoms with Crippen molar-refractivity contribution in [3.8, 4) is 0 Å². The monoisotopic (exact) mass is 285 g/mol. The molecular formula is C15H35N5. The van der Waals surface area contributed by atoms with Gasteiger partial charge < -0.3 is 15.5 Å². The van der Waals surface area contributed by atoms with Crippen molar-refractivity contribution in [3.05, 3.63) is 0 Å². The van der Waals surface area contributed by atoms with E-state index in [9.17, 15) is 0 Å². The molecule has 20 heavy (non-hydrogen) atoms. The van der Waals surface area contributed by atoms with Crippen LogP contribution in [0, 0.1) is 0 Å². The zero-order valence-corrected chi connectivity index (χ0v) is 13.8. The van der Waals surface area contributed by atoms with Crippen LogP contribution in [0.1, 0.15) is 13.8 Å². The Balaban J connectivity index is 1.96. The molecule has 5 heteroatoms. The van der Waals surface area contributed by atoms with E-state index in [1.807, 2.05) is 7.05 Å². The normalized spacial score (nSPS) is 18.0. The lowest BCUT2D eigenvalue weighted by molar-refractivity contribution is 0.134. The van der Waals surface area contributed by atoms with Gasteiger partial charge in [0.2, 0.25) is 0 Å². The highest BCUT2D eigenvalue weighted by Gasteiger charge is 2.15. The van der Waals surface area contributed by atoms with Gasteiger partial charge in [-0.2, -0.15) is 0 Å². The van der Waals surface area contributed by atoms with Gasteiger partial charge in [-0.15, -0.1) is 0 Å². The SMILES string of the molecule is CCN(CC)CCNCCN1CCN(CCNC)CC1. The molecule has 1 aliphatic heterocycles. The fourth-order valence-electron chi connectivity index (χ4n) is 2.65. The molecule has 1 heterocycles. The topological polar surface area (TPSA) is 33.8 Å². The Morgan fingerprint density at radius 3 is 1.90 bits per heavy atom. The molecule has 1 rings (SSSR count). The smallest absolute Gasteiger partial charge is 0.0110 e. The number of nitrogens with one attached hydrogen (secondary N) is 2. The molecule has 0 aromatic rings. The van der Waals surface area contributed by atoms with E-state index >= 15 is 0 Å². The van der Waals surface area contributed by atoms with Gasteiger partial charge in [0.15, 0.2) is 0 Å². The molecule has 2 N–H and O–H groups in total. The van der Waals surface area contributed by atoms with E-state index in [-0.39, 0.29) is 0 Å². The first kappa shape index (κ1) is 17.9. The summed E-state index contributed by atoms with van der Waals surface area (Å²) in [7, 11) is 2.03. The van der Waals surface area contributed by atoms with Crippen LogP contribution in [0.3, 0.4) is 0 Å². The maximum atomic E-state index is 3.57. The largest absolute Gasteiger partial charge is 0.318 e. The van der Waals surface area contributed by atoms with Gasteiger partial charge in [0.25, 0.3) is 0 Å². The second-order valence-corrected chi connectivity index (χ2v) is 5.56. The zero-order valence-electron chi connectivity index (χ0n) is 13.8. The van der Waals surface area contributed by atoms with Crippen LogP contribution in [-0.4, -0.2) is 100 Å². The molecule has 1 aliphatic rings. The standard InChI is InChI=1S/C15H35N5/c1-4-18(5-2)10-7-17-8-11-20-14-12-19(13-15-20)9-6-16-3/h16-17H,4-15H2,1-3H3. The van der Waals surface area contributed by atoms with Crippen LogP contribution >= 0.6 is 0 Å². The van der Waals surface area contributed by atoms with E-state index in [2.05, 4.69) is 39.2 Å². The van der Waals surface area contributed by atoms with Gasteiger partial charge in [-0.05, 0) is 20.1 Å². The Hall–Kier alpha value is -0.200. The minimum atomic E-state index is 1.10. The molecule has 0 spiro atoms. The van der Waals surface area contributed by atoms with Crippen molar-refractivity contribution in [2.75, 3.05) is 85.6 Å². The van der Waals surface area contributed by atoms with Gasteiger partial charge in [-0.25, -0.2) is 0 Å². The summed E-state index contributed by atoms with van der Waals surface area (Å²) in [6.45, 7) is 18.6. The fraction of sp³-hybridized carbons (Fsp3) is 1.00. The Labute approximate surface area is 125 Å². The third-order valence-corrected chi connectivity index (χ3v) is 4.25. The van der Waals surface area contributed by atoms with Crippen molar-refractivity contribution in [1.82, 2.24) is 25.3 Å². The summed E-state index contributed by atoms with van der Waals surface area (Å²) < 4.78 is 0. The first-order valence-corrected chi connectivity index (χ1v) is 8.32. The highest BCUT2D eigenvalue weighted by molar-refractivity contribution is 4.72. The number of likely N-dealkylation sites (N-methyl/N-ethyl adjacent to an activating group) is 2. The Morgan fingerprint density at radius 2 is 1.40 bits per heavy atom. The van der Waals surface area contributed by atoms with Crippen LogP contribution in [0.15, 0.2) is 0 Å². The van der Waals surface area contributed by atoms with Crippen molar-refractivity contribution in [2.24, 2.45) is 0 Å². The Bertz CT molecular complexity index is 212. The van der Waals surface area contributed by atoms with Crippen molar-refractivity contribution in [2.45, 2.75) is 13.8 Å². The number of hydrogen-bond acceptors (Lipinski definition) is 5. The summed E-state index contributed by atoms with van der Waals surface area (Å²) >= 11 is 0. The van der Waals surface area contributed by atoms with E-state index in [1.165, 1.54) is 45.8 Å². The summed E-state index contributed by atoms with van der Waals surface area (Å²) in [5.41, 5.74) is 0. The lowest BCUT2D eigenvalue weighted by Crippen LogP contribution is -2.49. The predicted molar refractivity (Wildman–Crippen MR) is 87.5 cm³/mol. The lowest BCUT2D eigenvalue weighted by atomic mass is 10.3. The number of hydrogen-bond donors (Lipinski definition) is 2. The third kappa shape index (κ3) is 7.55. The number of piperazine rings is 1. The second-order valence-electron chi connectivity index (χ2n) is 5.56. The van der Waals surface area contributed by atoms with E-state index in [0.717, 1.165) is 32.7 Å². The molecule has 0 radical (unpaired) electrons. The van der Waals surface area contributed by atoms with Crippen molar-refractivity contribution >= 4 is 0 Å². The highest BCUT2D eigenvalue weighted by Crippen LogP contribution is 1.99. The zero-order chi connectivity index (χ0) is 14.6. The van der Waals surface area contributed by atoms with Crippen molar-refractivity contribution < 1.29 is 0 Å². The molecule has 1 fully saturated rings. The first-order chi connectivity index (χ1) is 9.80. The van der Waals surface area contributed by atoms with E-state index in [1.54, 1.807) is 0 Å². The van der Waals surface area contributed by atoms with E-state index in [0.29, 0.717) is 0 Å². The van der Waals surface area contributed by atoms with Gasteiger partial charge >= 0.3 is 0 Å². The van der Waals surface area contributed by atoms with Gasteiger partial charge in [0.1, 0.15) is 0 Å². The molecule has 1 saturated heterocycles. The van der Waals surface area contributed by atoms with Crippen molar-refractivity contribution in [1.29, 1.82) is 0 Å². The van der Waals surface area contributed by atoms with Crippen LogP contribution < -0.4 is 10.6 Å². The van der Waals surface area contributed by atoms with Gasteiger partial charge in [0.05, 0.1) is 0 Å². The summed E-state index contributed by atoms with van der Waals surface area (Å²) in [5, 5.41) is 6.79. The fourth-order valence-corrected chi connectivity index (χ4v) is 2.65. The van der Waals surface area contributed by atoms with Gasteiger partial charge in [0, 0.05) is 65.4 Å². The van der Waals surface area contributed by atoms with Crippen LogP contribution in [0.25, 0.3) is 0 Å². The first-order valence-electron chi connectivity index (χ1n) is 8.32.